The molecule has 0 saturated heterocycles. The second kappa shape index (κ2) is 8.98. The minimum absolute atomic E-state index is 0.0403. The summed E-state index contributed by atoms with van der Waals surface area (Å²) in [7, 11) is 3.22. The number of methoxy groups -OCH3 is 1. The second-order valence-corrected chi connectivity index (χ2v) is 6.11. The molecule has 5 nitrogen and oxygen atoms in total. The quantitative estimate of drug-likeness (QED) is 0.758. The molecular formula is C18H20N2O3S. The number of thioether (sulfide) groups is 1. The molecule has 24 heavy (non-hydrogen) atoms. The van der Waals surface area contributed by atoms with Gasteiger partial charge in [-0.3, -0.25) is 9.59 Å². The lowest BCUT2D eigenvalue weighted by Crippen LogP contribution is -2.20. The number of hydrogen-bond acceptors (Lipinski definition) is 4. The Morgan fingerprint density at radius 2 is 1.83 bits per heavy atom. The van der Waals surface area contributed by atoms with E-state index < -0.39 is 0 Å². The van der Waals surface area contributed by atoms with Gasteiger partial charge in [0, 0.05) is 17.6 Å². The third-order valence-corrected chi connectivity index (χ3v) is 4.29. The van der Waals surface area contributed by atoms with Gasteiger partial charge in [-0.25, -0.2) is 0 Å². The van der Waals surface area contributed by atoms with Crippen molar-refractivity contribution >= 4 is 29.3 Å². The Labute approximate surface area is 145 Å². The average molecular weight is 344 g/mol. The maximum atomic E-state index is 12.0. The van der Waals surface area contributed by atoms with E-state index in [-0.39, 0.29) is 11.8 Å². The van der Waals surface area contributed by atoms with Gasteiger partial charge in [0.15, 0.2) is 0 Å². The van der Waals surface area contributed by atoms with Crippen LogP contribution in [0.15, 0.2) is 53.4 Å². The Bertz CT molecular complexity index is 702. The zero-order chi connectivity index (χ0) is 17.4. The number of hydrogen-bond donors (Lipinski definition) is 2. The molecule has 0 unspecified atom stereocenters. The van der Waals surface area contributed by atoms with Crippen LogP contribution in [0.5, 0.6) is 5.75 Å². The Balaban J connectivity index is 1.84. The molecule has 0 aliphatic carbocycles. The first-order chi connectivity index (χ1) is 11.6. The molecule has 2 rings (SSSR count). The maximum absolute atomic E-state index is 12.0. The number of ether oxygens (including phenoxy) is 1. The van der Waals surface area contributed by atoms with Crippen LogP contribution in [-0.4, -0.2) is 31.7 Å². The minimum Gasteiger partial charge on any atom is -0.497 e. The SMILES string of the molecule is CNC(=O)Cc1ccc(NC(=O)CSc2cccc(OC)c2)cc1. The lowest BCUT2D eigenvalue weighted by Gasteiger charge is -2.07. The first kappa shape index (κ1) is 17.9. The highest BCUT2D eigenvalue weighted by atomic mass is 32.2. The molecule has 2 aromatic rings. The van der Waals surface area contributed by atoms with E-state index in [1.54, 1.807) is 26.3 Å². The van der Waals surface area contributed by atoms with Crippen molar-refractivity contribution in [3.8, 4) is 5.75 Å². The summed E-state index contributed by atoms with van der Waals surface area (Å²) in [5.41, 5.74) is 1.62. The molecule has 0 aliphatic rings. The summed E-state index contributed by atoms with van der Waals surface area (Å²) in [5, 5.41) is 5.42. The van der Waals surface area contributed by atoms with Crippen LogP contribution in [-0.2, 0) is 16.0 Å². The molecular weight excluding hydrogens is 324 g/mol. The van der Waals surface area contributed by atoms with Gasteiger partial charge in [-0.2, -0.15) is 0 Å². The van der Waals surface area contributed by atoms with Crippen LogP contribution in [0, 0.1) is 0 Å². The van der Waals surface area contributed by atoms with Gasteiger partial charge < -0.3 is 15.4 Å². The average Bonchev–Trinajstić information content (AvgIpc) is 2.61. The number of carbonyl (C=O) groups excluding carboxylic acids is 2. The highest BCUT2D eigenvalue weighted by molar-refractivity contribution is 8.00. The number of carbonyl (C=O) groups is 2. The van der Waals surface area contributed by atoms with Gasteiger partial charge in [0.25, 0.3) is 0 Å². The van der Waals surface area contributed by atoms with E-state index in [2.05, 4.69) is 10.6 Å². The van der Waals surface area contributed by atoms with Gasteiger partial charge in [0.1, 0.15) is 5.75 Å². The number of amides is 2. The number of anilines is 1. The van der Waals surface area contributed by atoms with Gasteiger partial charge >= 0.3 is 0 Å². The zero-order valence-electron chi connectivity index (χ0n) is 13.7. The predicted molar refractivity (Wildman–Crippen MR) is 96.6 cm³/mol. The van der Waals surface area contributed by atoms with Gasteiger partial charge in [-0.1, -0.05) is 18.2 Å². The first-order valence-corrected chi connectivity index (χ1v) is 8.45. The molecule has 2 N–H and O–H groups in total. The molecule has 2 aromatic carbocycles. The Morgan fingerprint density at radius 1 is 1.08 bits per heavy atom. The smallest absolute Gasteiger partial charge is 0.234 e. The van der Waals surface area contributed by atoms with Crippen molar-refractivity contribution in [2.75, 3.05) is 25.2 Å². The topological polar surface area (TPSA) is 67.4 Å². The fourth-order valence-electron chi connectivity index (χ4n) is 2.02. The van der Waals surface area contributed by atoms with Crippen molar-refractivity contribution in [2.24, 2.45) is 0 Å². The fraction of sp³-hybridized carbons (Fsp3) is 0.222. The summed E-state index contributed by atoms with van der Waals surface area (Å²) in [6.45, 7) is 0. The third kappa shape index (κ3) is 5.62. The number of rotatable bonds is 7. The lowest BCUT2D eigenvalue weighted by atomic mass is 10.1. The summed E-state index contributed by atoms with van der Waals surface area (Å²) >= 11 is 1.45. The molecule has 0 atom stereocenters. The Morgan fingerprint density at radius 3 is 2.50 bits per heavy atom. The standard InChI is InChI=1S/C18H20N2O3S/c1-19-17(21)10-13-6-8-14(9-7-13)20-18(22)12-24-16-5-3-4-15(11-16)23-2/h3-9,11H,10,12H2,1-2H3,(H,19,21)(H,20,22). The van der Waals surface area contributed by atoms with Gasteiger partial charge in [0.2, 0.25) is 11.8 Å². The molecule has 0 aromatic heterocycles. The van der Waals surface area contributed by atoms with Crippen LogP contribution in [0.25, 0.3) is 0 Å². The van der Waals surface area contributed by atoms with Gasteiger partial charge in [-0.15, -0.1) is 11.8 Å². The molecule has 0 aliphatic heterocycles. The monoisotopic (exact) mass is 344 g/mol. The molecule has 0 bridgehead atoms. The van der Waals surface area contributed by atoms with Crippen LogP contribution in [0.2, 0.25) is 0 Å². The van der Waals surface area contributed by atoms with E-state index in [0.29, 0.717) is 17.9 Å². The Hall–Kier alpha value is -2.47. The van der Waals surface area contributed by atoms with Gasteiger partial charge in [0.05, 0.1) is 19.3 Å². The van der Waals surface area contributed by atoms with Crippen molar-refractivity contribution in [2.45, 2.75) is 11.3 Å². The summed E-state index contributed by atoms with van der Waals surface area (Å²) in [6, 6.07) is 14.9. The molecule has 126 valence electrons. The van der Waals surface area contributed by atoms with E-state index in [4.69, 9.17) is 4.74 Å². The highest BCUT2D eigenvalue weighted by Gasteiger charge is 2.06. The number of likely N-dealkylation sites (N-methyl/N-ethyl adjacent to an activating group) is 1. The lowest BCUT2D eigenvalue weighted by molar-refractivity contribution is -0.120. The summed E-state index contributed by atoms with van der Waals surface area (Å²) < 4.78 is 5.16. The molecule has 0 heterocycles. The van der Waals surface area contributed by atoms with Crippen molar-refractivity contribution < 1.29 is 14.3 Å². The van der Waals surface area contributed by atoms with Crippen molar-refractivity contribution in [3.05, 3.63) is 54.1 Å². The summed E-state index contributed by atoms with van der Waals surface area (Å²) in [5.74, 6) is 0.961. The zero-order valence-corrected chi connectivity index (χ0v) is 14.5. The number of nitrogens with one attached hydrogen (secondary N) is 2. The third-order valence-electron chi connectivity index (χ3n) is 3.29. The summed E-state index contributed by atoms with van der Waals surface area (Å²) in [4.78, 5) is 24.3. The van der Waals surface area contributed by atoms with E-state index in [1.165, 1.54) is 11.8 Å². The van der Waals surface area contributed by atoms with Crippen LogP contribution < -0.4 is 15.4 Å². The van der Waals surface area contributed by atoms with Crippen LogP contribution >= 0.6 is 11.8 Å². The van der Waals surface area contributed by atoms with Gasteiger partial charge in [-0.05, 0) is 35.9 Å². The van der Waals surface area contributed by atoms with E-state index in [0.717, 1.165) is 16.2 Å². The van der Waals surface area contributed by atoms with Crippen LogP contribution in [0.1, 0.15) is 5.56 Å². The van der Waals surface area contributed by atoms with E-state index in [1.807, 2.05) is 36.4 Å². The molecule has 0 saturated carbocycles. The fourth-order valence-corrected chi connectivity index (χ4v) is 2.76. The van der Waals surface area contributed by atoms with E-state index >= 15 is 0 Å². The molecule has 6 heteroatoms. The first-order valence-electron chi connectivity index (χ1n) is 7.47. The molecule has 2 amide bonds. The highest BCUT2D eigenvalue weighted by Crippen LogP contribution is 2.23. The molecule has 0 fully saturated rings. The van der Waals surface area contributed by atoms with E-state index in [9.17, 15) is 9.59 Å². The second-order valence-electron chi connectivity index (χ2n) is 5.06. The van der Waals surface area contributed by atoms with Crippen LogP contribution in [0.4, 0.5) is 5.69 Å². The normalized spacial score (nSPS) is 10.1. The van der Waals surface area contributed by atoms with Crippen molar-refractivity contribution in [1.82, 2.24) is 5.32 Å². The number of benzene rings is 2. The molecule has 0 radical (unpaired) electrons. The maximum Gasteiger partial charge on any atom is 0.234 e. The molecule has 0 spiro atoms. The van der Waals surface area contributed by atoms with Crippen molar-refractivity contribution in [3.63, 3.8) is 0 Å². The van der Waals surface area contributed by atoms with Crippen LogP contribution in [0.3, 0.4) is 0 Å². The predicted octanol–water partition coefficient (Wildman–Crippen LogP) is 2.71. The van der Waals surface area contributed by atoms with Crippen molar-refractivity contribution in [1.29, 1.82) is 0 Å². The Kier molecular flexibility index (Phi) is 6.69. The summed E-state index contributed by atoms with van der Waals surface area (Å²) in [6.07, 6.45) is 0.330. The largest absolute Gasteiger partial charge is 0.497 e. The minimum atomic E-state index is -0.0816.